The van der Waals surface area contributed by atoms with Crippen molar-refractivity contribution in [2.75, 3.05) is 5.32 Å². The predicted molar refractivity (Wildman–Crippen MR) is 101 cm³/mol. The molecule has 2 heterocycles. The highest BCUT2D eigenvalue weighted by atomic mass is 15.1. The van der Waals surface area contributed by atoms with E-state index in [9.17, 15) is 0 Å². The minimum Gasteiger partial charge on any atom is -0.324 e. The maximum atomic E-state index is 4.65. The van der Waals surface area contributed by atoms with E-state index in [4.69, 9.17) is 0 Å². The van der Waals surface area contributed by atoms with Gasteiger partial charge in [0.25, 0.3) is 0 Å². The molecule has 122 valence electrons. The molecule has 24 heavy (non-hydrogen) atoms. The number of aryl methyl sites for hydroxylation is 1. The molecule has 0 fully saturated rings. The van der Waals surface area contributed by atoms with Crippen LogP contribution in [-0.2, 0) is 0 Å². The lowest BCUT2D eigenvalue weighted by molar-refractivity contribution is 0.866. The number of hydrogen-bond donors (Lipinski definition) is 1. The van der Waals surface area contributed by atoms with Crippen LogP contribution in [0, 0.1) is 6.92 Å². The molecule has 1 aromatic heterocycles. The van der Waals surface area contributed by atoms with Crippen LogP contribution in [0.4, 0.5) is 11.6 Å². The molecule has 4 nitrogen and oxygen atoms in total. The van der Waals surface area contributed by atoms with Gasteiger partial charge in [0, 0.05) is 24.3 Å². The van der Waals surface area contributed by atoms with Gasteiger partial charge in [-0.05, 0) is 54.2 Å². The lowest BCUT2D eigenvalue weighted by Crippen LogP contribution is -2.02. The van der Waals surface area contributed by atoms with E-state index in [1.54, 1.807) is 12.4 Å². The molecule has 0 saturated heterocycles. The van der Waals surface area contributed by atoms with Crippen LogP contribution in [0.5, 0.6) is 0 Å². The number of aromatic nitrogens is 2. The highest BCUT2D eigenvalue weighted by Crippen LogP contribution is 2.25. The van der Waals surface area contributed by atoms with E-state index in [-0.39, 0.29) is 0 Å². The topological polar surface area (TPSA) is 50.2 Å². The molecule has 1 N–H and O–H groups in total. The van der Waals surface area contributed by atoms with Gasteiger partial charge >= 0.3 is 0 Å². The van der Waals surface area contributed by atoms with Crippen LogP contribution in [0.15, 0.2) is 53.8 Å². The summed E-state index contributed by atoms with van der Waals surface area (Å²) < 4.78 is 0. The molecule has 0 saturated carbocycles. The quantitative estimate of drug-likeness (QED) is 0.860. The van der Waals surface area contributed by atoms with E-state index in [1.165, 1.54) is 11.1 Å². The zero-order chi connectivity index (χ0) is 16.9. The van der Waals surface area contributed by atoms with Gasteiger partial charge in [-0.25, -0.2) is 9.97 Å². The molecule has 0 radical (unpaired) electrons. The van der Waals surface area contributed by atoms with Crippen molar-refractivity contribution in [3.05, 3.63) is 65.6 Å². The lowest BCUT2D eigenvalue weighted by Gasteiger charge is -2.13. The van der Waals surface area contributed by atoms with E-state index in [1.807, 2.05) is 18.3 Å². The van der Waals surface area contributed by atoms with Crippen LogP contribution in [0.25, 0.3) is 5.57 Å². The molecule has 0 atom stereocenters. The Hall–Kier alpha value is -2.75. The normalized spacial score (nSPS) is 13.8. The summed E-state index contributed by atoms with van der Waals surface area (Å²) in [7, 11) is 0. The van der Waals surface area contributed by atoms with E-state index < -0.39 is 0 Å². The number of allylic oxidation sites excluding steroid dienone is 3. The van der Waals surface area contributed by atoms with E-state index in [0.717, 1.165) is 23.4 Å². The highest BCUT2D eigenvalue weighted by Gasteiger charge is 2.08. The minimum absolute atomic E-state index is 0.485. The fourth-order valence-electron chi connectivity index (χ4n) is 2.51. The SMILES string of the molecule is Cc1ccc(C(C)C)cc1Nc1nccc(C2=CN=CC=CC2)n1. The molecule has 1 aliphatic rings. The first-order valence-electron chi connectivity index (χ1n) is 8.22. The number of anilines is 2. The highest BCUT2D eigenvalue weighted by molar-refractivity contribution is 5.76. The van der Waals surface area contributed by atoms with Crippen molar-refractivity contribution >= 4 is 23.4 Å². The summed E-state index contributed by atoms with van der Waals surface area (Å²) >= 11 is 0. The van der Waals surface area contributed by atoms with Crippen LogP contribution in [0.1, 0.15) is 43.0 Å². The maximum Gasteiger partial charge on any atom is 0.227 e. The zero-order valence-corrected chi connectivity index (χ0v) is 14.3. The van der Waals surface area contributed by atoms with Crippen molar-refractivity contribution in [3.63, 3.8) is 0 Å². The summed E-state index contributed by atoms with van der Waals surface area (Å²) in [5.41, 5.74) is 5.50. The first-order chi connectivity index (χ1) is 11.6. The molecular formula is C20H22N4. The van der Waals surface area contributed by atoms with E-state index in [2.05, 4.69) is 65.3 Å². The molecule has 0 amide bonds. The van der Waals surface area contributed by atoms with Crippen LogP contribution in [0.2, 0.25) is 0 Å². The summed E-state index contributed by atoms with van der Waals surface area (Å²) in [5, 5.41) is 3.36. The van der Waals surface area contributed by atoms with Crippen LogP contribution in [0.3, 0.4) is 0 Å². The number of nitrogens with zero attached hydrogens (tertiary/aromatic N) is 3. The average Bonchev–Trinajstić information content (AvgIpc) is 2.86. The summed E-state index contributed by atoms with van der Waals surface area (Å²) in [4.78, 5) is 13.2. The third-order valence-corrected chi connectivity index (χ3v) is 4.04. The Balaban J connectivity index is 1.88. The Morgan fingerprint density at radius 1 is 1.17 bits per heavy atom. The van der Waals surface area contributed by atoms with Crippen LogP contribution in [-0.4, -0.2) is 16.2 Å². The van der Waals surface area contributed by atoms with Crippen molar-refractivity contribution in [3.8, 4) is 0 Å². The van der Waals surface area contributed by atoms with Gasteiger partial charge in [-0.2, -0.15) is 0 Å². The molecule has 4 heteroatoms. The van der Waals surface area contributed by atoms with Crippen molar-refractivity contribution in [2.45, 2.75) is 33.1 Å². The van der Waals surface area contributed by atoms with Gasteiger partial charge in [0.2, 0.25) is 5.95 Å². The third kappa shape index (κ3) is 3.77. The second kappa shape index (κ2) is 7.21. The first kappa shape index (κ1) is 16.1. The predicted octanol–water partition coefficient (Wildman–Crippen LogP) is 5.02. The monoisotopic (exact) mass is 318 g/mol. The smallest absolute Gasteiger partial charge is 0.227 e. The minimum atomic E-state index is 0.485. The maximum absolute atomic E-state index is 4.65. The lowest BCUT2D eigenvalue weighted by atomic mass is 10.0. The molecule has 0 spiro atoms. The van der Waals surface area contributed by atoms with Crippen molar-refractivity contribution in [1.82, 2.24) is 9.97 Å². The van der Waals surface area contributed by atoms with Crippen molar-refractivity contribution in [2.24, 2.45) is 4.99 Å². The van der Waals surface area contributed by atoms with E-state index in [0.29, 0.717) is 11.9 Å². The largest absolute Gasteiger partial charge is 0.324 e. The number of hydrogen-bond acceptors (Lipinski definition) is 4. The Labute approximate surface area is 143 Å². The van der Waals surface area contributed by atoms with Gasteiger partial charge in [-0.15, -0.1) is 0 Å². The first-order valence-corrected chi connectivity index (χ1v) is 8.22. The average molecular weight is 318 g/mol. The Bertz CT molecular complexity index is 816. The number of aliphatic imine (C=N–C) groups is 1. The Morgan fingerprint density at radius 3 is 2.88 bits per heavy atom. The van der Waals surface area contributed by atoms with Crippen LogP contribution >= 0.6 is 0 Å². The van der Waals surface area contributed by atoms with Crippen molar-refractivity contribution in [1.29, 1.82) is 0 Å². The van der Waals surface area contributed by atoms with E-state index >= 15 is 0 Å². The molecule has 1 aliphatic heterocycles. The fourth-order valence-corrected chi connectivity index (χ4v) is 2.51. The molecule has 0 bridgehead atoms. The van der Waals surface area contributed by atoms with Crippen molar-refractivity contribution < 1.29 is 0 Å². The zero-order valence-electron chi connectivity index (χ0n) is 14.3. The number of nitrogens with one attached hydrogen (secondary N) is 1. The van der Waals surface area contributed by atoms with Gasteiger partial charge in [0.15, 0.2) is 0 Å². The number of rotatable bonds is 4. The number of benzene rings is 1. The second-order valence-corrected chi connectivity index (χ2v) is 6.20. The third-order valence-electron chi connectivity index (χ3n) is 4.04. The van der Waals surface area contributed by atoms with Gasteiger partial charge in [0.1, 0.15) is 0 Å². The molecule has 0 unspecified atom stereocenters. The molecule has 3 rings (SSSR count). The Morgan fingerprint density at radius 2 is 2.04 bits per heavy atom. The van der Waals surface area contributed by atoms with Gasteiger partial charge in [-0.3, -0.25) is 4.99 Å². The molecular weight excluding hydrogens is 296 g/mol. The fraction of sp³-hybridized carbons (Fsp3) is 0.250. The summed E-state index contributed by atoms with van der Waals surface area (Å²) in [5.74, 6) is 1.09. The summed E-state index contributed by atoms with van der Waals surface area (Å²) in [6.45, 7) is 6.47. The summed E-state index contributed by atoms with van der Waals surface area (Å²) in [6.07, 6.45) is 10.3. The Kier molecular flexibility index (Phi) is 4.85. The second-order valence-electron chi connectivity index (χ2n) is 6.20. The standard InChI is InChI=1S/C20H22N4/c1-14(2)16-8-7-15(3)19(12-16)24-20-22-11-9-18(23-20)17-6-4-5-10-21-13-17/h4-5,7-14H,6H2,1-3H3,(H,22,23,24). The molecule has 2 aromatic rings. The summed E-state index contributed by atoms with van der Waals surface area (Å²) in [6, 6.07) is 8.40. The molecule has 0 aliphatic carbocycles. The molecule has 1 aromatic carbocycles. The van der Waals surface area contributed by atoms with Gasteiger partial charge in [0.05, 0.1) is 5.69 Å². The van der Waals surface area contributed by atoms with Gasteiger partial charge < -0.3 is 5.32 Å². The van der Waals surface area contributed by atoms with Crippen LogP contribution < -0.4 is 5.32 Å². The van der Waals surface area contributed by atoms with Gasteiger partial charge in [-0.1, -0.05) is 32.1 Å².